The van der Waals surface area contributed by atoms with E-state index in [1.54, 1.807) is 0 Å². The maximum Gasteiger partial charge on any atom is 0.119 e. The van der Waals surface area contributed by atoms with Crippen molar-refractivity contribution >= 4 is 0 Å². The minimum atomic E-state index is 0.412. The zero-order valence-corrected chi connectivity index (χ0v) is 13.3. The van der Waals surface area contributed by atoms with E-state index in [2.05, 4.69) is 11.0 Å². The highest BCUT2D eigenvalue weighted by molar-refractivity contribution is 5.28. The van der Waals surface area contributed by atoms with Gasteiger partial charge in [0, 0.05) is 13.1 Å². The van der Waals surface area contributed by atoms with E-state index >= 15 is 0 Å². The van der Waals surface area contributed by atoms with Crippen LogP contribution in [0, 0.1) is 0 Å². The molecule has 0 aliphatic carbocycles. The van der Waals surface area contributed by atoms with Crippen molar-refractivity contribution in [3.8, 4) is 11.5 Å². The van der Waals surface area contributed by atoms with Crippen molar-refractivity contribution < 1.29 is 19.9 Å². The van der Waals surface area contributed by atoms with Gasteiger partial charge in [0.25, 0.3) is 0 Å². The molecule has 0 spiro atoms. The molecule has 24 heavy (non-hydrogen) atoms. The van der Waals surface area contributed by atoms with Crippen LogP contribution in [0.4, 0.5) is 0 Å². The predicted octanol–water partition coefficient (Wildman–Crippen LogP) is 2.66. The van der Waals surface area contributed by atoms with Gasteiger partial charge in [0.15, 0.2) is 0 Å². The van der Waals surface area contributed by atoms with Gasteiger partial charge in [-0.05, 0) is 47.5 Å². The van der Waals surface area contributed by atoms with Crippen molar-refractivity contribution in [2.75, 3.05) is 13.2 Å². The smallest absolute Gasteiger partial charge is 0.119 e. The van der Waals surface area contributed by atoms with Gasteiger partial charge in [-0.1, -0.05) is 24.3 Å². The van der Waals surface area contributed by atoms with Gasteiger partial charge in [0.2, 0.25) is 0 Å². The zero-order valence-electron chi connectivity index (χ0n) is 13.3. The SMILES string of the molecule is ONCc1ccc(OCC=CCOc2ccc(CNO)cc2)cc1. The number of nitrogens with one attached hydrogen (secondary N) is 2. The molecule has 0 saturated heterocycles. The normalized spacial score (nSPS) is 10.9. The van der Waals surface area contributed by atoms with Crippen molar-refractivity contribution in [1.29, 1.82) is 0 Å². The maximum atomic E-state index is 8.62. The Kier molecular flexibility index (Phi) is 7.79. The molecular weight excluding hydrogens is 308 g/mol. The van der Waals surface area contributed by atoms with Crippen LogP contribution in [-0.4, -0.2) is 23.6 Å². The Labute approximate surface area is 141 Å². The highest BCUT2D eigenvalue weighted by Crippen LogP contribution is 2.13. The highest BCUT2D eigenvalue weighted by Gasteiger charge is 1.95. The van der Waals surface area contributed by atoms with Crippen LogP contribution in [0.3, 0.4) is 0 Å². The first-order valence-corrected chi connectivity index (χ1v) is 7.64. The first-order valence-electron chi connectivity index (χ1n) is 7.64. The largest absolute Gasteiger partial charge is 0.490 e. The fraction of sp³-hybridized carbons (Fsp3) is 0.222. The van der Waals surface area contributed by atoms with Crippen molar-refractivity contribution in [3.63, 3.8) is 0 Å². The number of benzene rings is 2. The van der Waals surface area contributed by atoms with Crippen LogP contribution < -0.4 is 20.4 Å². The van der Waals surface area contributed by atoms with Crippen LogP contribution in [-0.2, 0) is 13.1 Å². The van der Waals surface area contributed by atoms with E-state index in [1.165, 1.54) is 0 Å². The van der Waals surface area contributed by atoms with Crippen LogP contribution in [0.5, 0.6) is 11.5 Å². The Morgan fingerprint density at radius 3 is 1.38 bits per heavy atom. The number of rotatable bonds is 10. The predicted molar refractivity (Wildman–Crippen MR) is 90.3 cm³/mol. The van der Waals surface area contributed by atoms with Crippen molar-refractivity contribution in [1.82, 2.24) is 11.0 Å². The molecule has 2 rings (SSSR count). The molecule has 0 aliphatic rings. The van der Waals surface area contributed by atoms with Gasteiger partial charge < -0.3 is 19.9 Å². The Morgan fingerprint density at radius 2 is 1.04 bits per heavy atom. The maximum absolute atomic E-state index is 8.62. The van der Waals surface area contributed by atoms with Crippen LogP contribution in [0.25, 0.3) is 0 Å². The monoisotopic (exact) mass is 330 g/mol. The first kappa shape index (κ1) is 18.0. The minimum absolute atomic E-state index is 0.412. The van der Waals surface area contributed by atoms with Gasteiger partial charge in [-0.25, -0.2) is 11.0 Å². The molecule has 2 aromatic rings. The summed E-state index contributed by atoms with van der Waals surface area (Å²) in [6, 6.07) is 15.0. The molecule has 0 aliphatic heterocycles. The minimum Gasteiger partial charge on any atom is -0.490 e. The molecule has 0 aromatic heterocycles. The molecule has 6 heteroatoms. The Bertz CT molecular complexity index is 556. The number of hydrogen-bond donors (Lipinski definition) is 4. The van der Waals surface area contributed by atoms with Crippen LogP contribution in [0.2, 0.25) is 0 Å². The van der Waals surface area contributed by atoms with E-state index in [0.717, 1.165) is 22.6 Å². The summed E-state index contributed by atoms with van der Waals surface area (Å²) in [4.78, 5) is 0. The second kappa shape index (κ2) is 10.4. The molecule has 0 saturated carbocycles. The second-order valence-corrected chi connectivity index (χ2v) is 5.05. The topological polar surface area (TPSA) is 83.0 Å². The molecule has 4 N–H and O–H groups in total. The number of hydroxylamine groups is 2. The lowest BCUT2D eigenvalue weighted by Crippen LogP contribution is -2.05. The second-order valence-electron chi connectivity index (χ2n) is 5.05. The van der Waals surface area contributed by atoms with Gasteiger partial charge in [0.1, 0.15) is 24.7 Å². The molecule has 0 unspecified atom stereocenters. The molecule has 0 fully saturated rings. The zero-order chi connectivity index (χ0) is 17.0. The lowest BCUT2D eigenvalue weighted by Gasteiger charge is -2.06. The molecule has 6 nitrogen and oxygen atoms in total. The van der Waals surface area contributed by atoms with Crippen LogP contribution in [0.1, 0.15) is 11.1 Å². The summed E-state index contributed by atoms with van der Waals surface area (Å²) >= 11 is 0. The summed E-state index contributed by atoms with van der Waals surface area (Å²) in [5.74, 6) is 1.55. The Morgan fingerprint density at radius 1 is 0.667 bits per heavy atom. The summed E-state index contributed by atoms with van der Waals surface area (Å²) < 4.78 is 11.2. The molecule has 2 aromatic carbocycles. The fourth-order valence-electron chi connectivity index (χ4n) is 2.01. The average molecular weight is 330 g/mol. The average Bonchev–Trinajstić information content (AvgIpc) is 2.61. The molecule has 0 amide bonds. The summed E-state index contributed by atoms with van der Waals surface area (Å²) in [5, 5.41) is 17.2. The third-order valence-electron chi connectivity index (χ3n) is 3.27. The van der Waals surface area contributed by atoms with Gasteiger partial charge in [-0.2, -0.15) is 0 Å². The number of hydrogen-bond acceptors (Lipinski definition) is 6. The molecule has 0 radical (unpaired) electrons. The Balaban J connectivity index is 1.65. The third-order valence-corrected chi connectivity index (χ3v) is 3.27. The Hall–Kier alpha value is -2.38. The van der Waals surface area contributed by atoms with Crippen molar-refractivity contribution in [3.05, 3.63) is 71.8 Å². The summed E-state index contributed by atoms with van der Waals surface area (Å²) in [7, 11) is 0. The number of ether oxygens (including phenoxy) is 2. The van der Waals surface area contributed by atoms with Gasteiger partial charge >= 0.3 is 0 Å². The van der Waals surface area contributed by atoms with Crippen LogP contribution >= 0.6 is 0 Å². The molecule has 0 bridgehead atoms. The van der Waals surface area contributed by atoms with E-state index < -0.39 is 0 Å². The van der Waals surface area contributed by atoms with Gasteiger partial charge in [0.05, 0.1) is 0 Å². The molecule has 128 valence electrons. The molecule has 0 heterocycles. The molecular formula is C18H22N2O4. The third kappa shape index (κ3) is 6.39. The van der Waals surface area contributed by atoms with Gasteiger partial charge in [-0.3, -0.25) is 0 Å². The summed E-state index contributed by atoms with van der Waals surface area (Å²) in [5.41, 5.74) is 6.19. The van der Waals surface area contributed by atoms with E-state index in [9.17, 15) is 0 Å². The highest BCUT2D eigenvalue weighted by atomic mass is 16.5. The van der Waals surface area contributed by atoms with E-state index in [4.69, 9.17) is 19.9 Å². The first-order chi connectivity index (χ1) is 11.8. The van der Waals surface area contributed by atoms with E-state index in [1.807, 2.05) is 60.7 Å². The van der Waals surface area contributed by atoms with Crippen molar-refractivity contribution in [2.24, 2.45) is 0 Å². The van der Waals surface area contributed by atoms with Crippen LogP contribution in [0.15, 0.2) is 60.7 Å². The molecule has 0 atom stereocenters. The van der Waals surface area contributed by atoms with E-state index in [0.29, 0.717) is 26.3 Å². The van der Waals surface area contributed by atoms with Crippen molar-refractivity contribution in [2.45, 2.75) is 13.1 Å². The lowest BCUT2D eigenvalue weighted by molar-refractivity contribution is 0.161. The summed E-state index contributed by atoms with van der Waals surface area (Å²) in [6.45, 7) is 1.74. The standard InChI is InChI=1S/C18H22N2O4/c21-19-13-15-3-7-17(8-4-15)23-11-1-2-12-24-18-9-5-16(6-10-18)14-20-22/h1-10,19-22H,11-14H2. The summed E-state index contributed by atoms with van der Waals surface area (Å²) in [6.07, 6.45) is 3.79. The van der Waals surface area contributed by atoms with Gasteiger partial charge in [-0.15, -0.1) is 0 Å². The quantitative estimate of drug-likeness (QED) is 0.396. The lowest BCUT2D eigenvalue weighted by atomic mass is 10.2. The fourth-order valence-corrected chi connectivity index (χ4v) is 2.01. The van der Waals surface area contributed by atoms with E-state index in [-0.39, 0.29) is 0 Å².